The highest BCUT2D eigenvalue weighted by molar-refractivity contribution is 6.05. The molecule has 0 spiro atoms. The van der Waals surface area contributed by atoms with Crippen molar-refractivity contribution in [3.63, 3.8) is 0 Å². The molecule has 0 saturated heterocycles. The van der Waals surface area contributed by atoms with Gasteiger partial charge in [-0.05, 0) is 59.7 Å². The number of hydrogen-bond acceptors (Lipinski definition) is 4. The first-order valence-electron chi connectivity index (χ1n) is 10.7. The number of aromatic nitrogens is 2. The molecule has 4 aromatic rings. The van der Waals surface area contributed by atoms with Gasteiger partial charge in [0.05, 0.1) is 6.54 Å². The minimum atomic E-state index is -0.475. The lowest BCUT2D eigenvalue weighted by Gasteiger charge is -2.08. The third-order valence-corrected chi connectivity index (χ3v) is 4.93. The highest BCUT2D eigenvalue weighted by Gasteiger charge is 2.19. The predicted molar refractivity (Wildman–Crippen MR) is 127 cm³/mol. The van der Waals surface area contributed by atoms with Crippen LogP contribution in [0.5, 0.6) is 5.88 Å². The summed E-state index contributed by atoms with van der Waals surface area (Å²) >= 11 is 0. The van der Waals surface area contributed by atoms with Crippen molar-refractivity contribution >= 4 is 23.2 Å². The molecule has 0 aliphatic heterocycles. The lowest BCUT2D eigenvalue weighted by Crippen LogP contribution is -2.13. The van der Waals surface area contributed by atoms with Gasteiger partial charge < -0.3 is 15.4 Å². The second-order valence-corrected chi connectivity index (χ2v) is 7.81. The first kappa shape index (κ1) is 23.6. The summed E-state index contributed by atoms with van der Waals surface area (Å²) < 4.78 is 34.4. The van der Waals surface area contributed by atoms with Gasteiger partial charge in [0.25, 0.3) is 5.91 Å². The summed E-state index contributed by atoms with van der Waals surface area (Å²) in [4.78, 5) is 24.2. The summed E-state index contributed by atoms with van der Waals surface area (Å²) in [6.07, 6.45) is 1.51. The van der Waals surface area contributed by atoms with Gasteiger partial charge in [-0.2, -0.15) is 0 Å². The van der Waals surface area contributed by atoms with E-state index in [9.17, 15) is 18.4 Å². The summed E-state index contributed by atoms with van der Waals surface area (Å²) in [6, 6.07) is 18.6. The largest absolute Gasteiger partial charge is 0.471 e. The van der Waals surface area contributed by atoms with Gasteiger partial charge in [0.15, 0.2) is 0 Å². The predicted octanol–water partition coefficient (Wildman–Crippen LogP) is 5.00. The smallest absolute Gasteiger partial charge is 0.262 e. The van der Waals surface area contributed by atoms with Crippen LogP contribution in [0, 0.1) is 11.6 Å². The monoisotopic (exact) mass is 476 g/mol. The zero-order chi connectivity index (χ0) is 24.8. The number of carbonyl (C=O) groups is 2. The van der Waals surface area contributed by atoms with E-state index in [1.54, 1.807) is 48.5 Å². The van der Waals surface area contributed by atoms with Gasteiger partial charge in [-0.1, -0.05) is 24.3 Å². The van der Waals surface area contributed by atoms with Crippen molar-refractivity contribution in [1.82, 2.24) is 9.78 Å². The molecule has 0 unspecified atom stereocenters. The van der Waals surface area contributed by atoms with E-state index in [1.807, 2.05) is 0 Å². The maximum Gasteiger partial charge on any atom is 0.262 e. The van der Waals surface area contributed by atoms with Gasteiger partial charge in [-0.15, -0.1) is 5.10 Å². The fourth-order valence-corrected chi connectivity index (χ4v) is 3.39. The fraction of sp³-hybridized carbons (Fsp3) is 0.115. The molecule has 35 heavy (non-hydrogen) atoms. The van der Waals surface area contributed by atoms with Gasteiger partial charge in [-0.25, -0.2) is 8.78 Å². The average molecular weight is 476 g/mol. The Bertz CT molecular complexity index is 1350. The Kier molecular flexibility index (Phi) is 7.15. The third kappa shape index (κ3) is 6.50. The summed E-state index contributed by atoms with van der Waals surface area (Å²) in [5.41, 5.74) is 2.48. The van der Waals surface area contributed by atoms with Crippen LogP contribution in [-0.4, -0.2) is 21.6 Å². The second kappa shape index (κ2) is 10.6. The molecule has 1 heterocycles. The lowest BCUT2D eigenvalue weighted by molar-refractivity contribution is -0.114. The van der Waals surface area contributed by atoms with Crippen LogP contribution >= 0.6 is 0 Å². The Morgan fingerprint density at radius 3 is 2.11 bits per heavy atom. The van der Waals surface area contributed by atoms with E-state index in [-0.39, 0.29) is 36.3 Å². The summed E-state index contributed by atoms with van der Waals surface area (Å²) in [5, 5.41) is 9.77. The number of benzene rings is 3. The molecule has 4 rings (SSSR count). The van der Waals surface area contributed by atoms with Crippen molar-refractivity contribution in [2.45, 2.75) is 20.1 Å². The van der Waals surface area contributed by atoms with Crippen molar-refractivity contribution in [2.24, 2.45) is 0 Å². The number of amides is 2. The highest BCUT2D eigenvalue weighted by Crippen LogP contribution is 2.22. The number of nitrogens with zero attached hydrogens (tertiary/aromatic N) is 2. The van der Waals surface area contributed by atoms with Crippen molar-refractivity contribution in [3.8, 4) is 5.88 Å². The Hall–Kier alpha value is -4.53. The van der Waals surface area contributed by atoms with Crippen LogP contribution in [0.15, 0.2) is 79.0 Å². The molecule has 2 N–H and O–H groups in total. The van der Waals surface area contributed by atoms with Crippen LogP contribution in [-0.2, 0) is 17.9 Å². The molecule has 3 aromatic carbocycles. The molecule has 0 bridgehead atoms. The van der Waals surface area contributed by atoms with Crippen LogP contribution < -0.4 is 15.4 Å². The molecule has 0 aliphatic rings. The molecule has 0 fully saturated rings. The van der Waals surface area contributed by atoms with Crippen LogP contribution in [0.3, 0.4) is 0 Å². The number of anilines is 2. The number of hydrogen-bond donors (Lipinski definition) is 2. The Morgan fingerprint density at radius 1 is 0.886 bits per heavy atom. The molecule has 0 radical (unpaired) electrons. The van der Waals surface area contributed by atoms with Gasteiger partial charge >= 0.3 is 0 Å². The van der Waals surface area contributed by atoms with Gasteiger partial charge in [0.2, 0.25) is 11.8 Å². The molecule has 1 aromatic heterocycles. The molecule has 0 atom stereocenters. The number of ether oxygens (including phenoxy) is 1. The van der Waals surface area contributed by atoms with Crippen molar-refractivity contribution < 1.29 is 23.1 Å². The molecule has 2 amide bonds. The average Bonchev–Trinajstić information content (AvgIpc) is 3.21. The van der Waals surface area contributed by atoms with Crippen LogP contribution in [0.2, 0.25) is 0 Å². The van der Waals surface area contributed by atoms with Gasteiger partial charge in [-0.3, -0.25) is 14.3 Å². The molecule has 0 saturated carbocycles. The molecule has 0 aliphatic carbocycles. The lowest BCUT2D eigenvalue weighted by atomic mass is 10.2. The molecular formula is C26H22F2N4O3. The van der Waals surface area contributed by atoms with E-state index in [4.69, 9.17) is 4.74 Å². The SMILES string of the molecule is CC(=O)Nc1ccc(NC(=O)c2cn(Cc3cccc(F)c3)nc2OCc2cccc(F)c2)cc1. The third-order valence-electron chi connectivity index (χ3n) is 4.93. The van der Waals surface area contributed by atoms with E-state index in [0.717, 1.165) is 0 Å². The second-order valence-electron chi connectivity index (χ2n) is 7.81. The van der Waals surface area contributed by atoms with Crippen molar-refractivity contribution in [1.29, 1.82) is 0 Å². The quantitative estimate of drug-likeness (QED) is 0.375. The van der Waals surface area contributed by atoms with E-state index in [0.29, 0.717) is 22.5 Å². The summed E-state index contributed by atoms with van der Waals surface area (Å²) in [5.74, 6) is -1.40. The summed E-state index contributed by atoms with van der Waals surface area (Å²) in [7, 11) is 0. The minimum Gasteiger partial charge on any atom is -0.471 e. The van der Waals surface area contributed by atoms with Crippen molar-refractivity contribution in [3.05, 3.63) is 107 Å². The number of rotatable bonds is 8. The standard InChI is InChI=1S/C26H22F2N4O3/c1-17(33)29-22-8-10-23(11-9-22)30-25(34)24-15-32(14-18-4-2-6-20(27)12-18)31-26(24)35-16-19-5-3-7-21(28)13-19/h2-13,15H,14,16H2,1H3,(H,29,33)(H,30,34). The van der Waals surface area contributed by atoms with Gasteiger partial charge in [0, 0.05) is 24.5 Å². The zero-order valence-electron chi connectivity index (χ0n) is 18.8. The normalized spacial score (nSPS) is 10.6. The first-order chi connectivity index (χ1) is 16.9. The van der Waals surface area contributed by atoms with E-state index < -0.39 is 11.7 Å². The van der Waals surface area contributed by atoms with Crippen LogP contribution in [0.25, 0.3) is 0 Å². The van der Waals surface area contributed by atoms with E-state index in [2.05, 4.69) is 15.7 Å². The zero-order valence-corrected chi connectivity index (χ0v) is 18.8. The van der Waals surface area contributed by atoms with Gasteiger partial charge in [0.1, 0.15) is 23.8 Å². The first-order valence-corrected chi connectivity index (χ1v) is 10.7. The van der Waals surface area contributed by atoms with E-state index >= 15 is 0 Å². The minimum absolute atomic E-state index is 0.000428. The summed E-state index contributed by atoms with van der Waals surface area (Å²) in [6.45, 7) is 1.62. The maximum atomic E-state index is 13.6. The molecular weight excluding hydrogens is 454 g/mol. The maximum absolute atomic E-state index is 13.6. The number of carbonyl (C=O) groups excluding carboxylic acids is 2. The molecule has 7 nitrogen and oxygen atoms in total. The molecule has 178 valence electrons. The Labute approximate surface area is 200 Å². The topological polar surface area (TPSA) is 85.3 Å². The Balaban J connectivity index is 1.55. The van der Waals surface area contributed by atoms with E-state index in [1.165, 1.54) is 42.1 Å². The molecule has 9 heteroatoms. The fourth-order valence-electron chi connectivity index (χ4n) is 3.39. The highest BCUT2D eigenvalue weighted by atomic mass is 19.1. The van der Waals surface area contributed by atoms with Crippen molar-refractivity contribution in [2.75, 3.05) is 10.6 Å². The number of halogens is 2. The Morgan fingerprint density at radius 2 is 1.49 bits per heavy atom. The number of nitrogens with one attached hydrogen (secondary N) is 2. The van der Waals surface area contributed by atoms with Crippen LogP contribution in [0.1, 0.15) is 28.4 Å². The van der Waals surface area contributed by atoms with Crippen LogP contribution in [0.4, 0.5) is 20.2 Å².